The van der Waals surface area contributed by atoms with Crippen molar-refractivity contribution in [1.29, 1.82) is 0 Å². The average Bonchev–Trinajstić information content (AvgIpc) is 3.40. The van der Waals surface area contributed by atoms with E-state index in [0.717, 1.165) is 5.56 Å². The van der Waals surface area contributed by atoms with E-state index >= 15 is 0 Å². The summed E-state index contributed by atoms with van der Waals surface area (Å²) in [7, 11) is 0. The topological polar surface area (TPSA) is 157 Å². The van der Waals surface area contributed by atoms with Crippen molar-refractivity contribution in [3.05, 3.63) is 70.6 Å². The molecule has 0 bridgehead atoms. The van der Waals surface area contributed by atoms with Gasteiger partial charge in [0.15, 0.2) is 0 Å². The van der Waals surface area contributed by atoms with Crippen molar-refractivity contribution in [2.45, 2.75) is 38.1 Å². The van der Waals surface area contributed by atoms with Gasteiger partial charge in [0.2, 0.25) is 5.91 Å². The van der Waals surface area contributed by atoms with Crippen molar-refractivity contribution in [2.75, 3.05) is 5.32 Å². The lowest BCUT2D eigenvalue weighted by molar-refractivity contribution is -0.144. The quantitative estimate of drug-likeness (QED) is 0.271. The van der Waals surface area contributed by atoms with Crippen LogP contribution in [0.1, 0.15) is 36.8 Å². The first kappa shape index (κ1) is 26.2. The average molecular weight is 525 g/mol. The zero-order chi connectivity index (χ0) is 26.4. The van der Waals surface area contributed by atoms with Crippen molar-refractivity contribution in [3.63, 3.8) is 0 Å². The molecule has 1 heterocycles. The monoisotopic (exact) mass is 524 g/mol. The Balaban J connectivity index is 1.34. The van der Waals surface area contributed by atoms with Gasteiger partial charge in [-0.25, -0.2) is 4.79 Å². The molecule has 11 heteroatoms. The summed E-state index contributed by atoms with van der Waals surface area (Å²) >= 11 is 1.18. The zero-order valence-electron chi connectivity index (χ0n) is 19.9. The molecule has 6 N–H and O–H groups in total. The van der Waals surface area contributed by atoms with E-state index in [9.17, 15) is 24.3 Å². The van der Waals surface area contributed by atoms with Gasteiger partial charge in [-0.15, -0.1) is 0 Å². The molecule has 1 saturated carbocycles. The van der Waals surface area contributed by atoms with Crippen LogP contribution in [0.25, 0.3) is 5.70 Å². The minimum atomic E-state index is -1.15. The molecule has 0 radical (unpaired) electrons. The maximum Gasteiger partial charge on any atom is 0.326 e. The molecule has 1 aliphatic heterocycles. The van der Waals surface area contributed by atoms with Gasteiger partial charge in [0.05, 0.1) is 11.6 Å². The highest BCUT2D eigenvalue weighted by Crippen LogP contribution is 2.30. The highest BCUT2D eigenvalue weighted by molar-refractivity contribution is 8.02. The van der Waals surface area contributed by atoms with Crippen LogP contribution in [-0.2, 0) is 25.6 Å². The van der Waals surface area contributed by atoms with E-state index in [-0.39, 0.29) is 24.2 Å². The molecule has 0 saturated heterocycles. The van der Waals surface area contributed by atoms with Crippen molar-refractivity contribution in [2.24, 2.45) is 11.8 Å². The van der Waals surface area contributed by atoms with E-state index in [1.165, 1.54) is 11.9 Å². The molecule has 10 nitrogen and oxygen atoms in total. The van der Waals surface area contributed by atoms with Gasteiger partial charge in [0, 0.05) is 23.6 Å². The number of anilines is 1. The van der Waals surface area contributed by atoms with Crippen molar-refractivity contribution in [3.8, 4) is 0 Å². The number of amides is 2. The van der Waals surface area contributed by atoms with E-state index in [1.807, 2.05) is 30.3 Å². The van der Waals surface area contributed by atoms with Gasteiger partial charge in [-0.3, -0.25) is 14.4 Å². The largest absolute Gasteiger partial charge is 0.481 e. The van der Waals surface area contributed by atoms with Crippen LogP contribution in [-0.4, -0.2) is 40.0 Å². The minimum Gasteiger partial charge on any atom is -0.481 e. The zero-order valence-corrected chi connectivity index (χ0v) is 20.7. The number of aliphatic carboxylic acids is 2. The SMILES string of the molecule is O=C(Nc1ccc(C[C@H](NC(=O)C2CCC(C(=O)O)CC2)C(=O)O)cc1)C1=C(c2ccccc2)NNS1. The van der Waals surface area contributed by atoms with E-state index in [1.54, 1.807) is 24.3 Å². The second-order valence-corrected chi connectivity index (χ2v) is 9.86. The molecule has 2 aromatic rings. The molecule has 1 atom stereocenters. The normalized spacial score (nSPS) is 20.0. The number of hydrazine groups is 1. The molecule has 1 aliphatic carbocycles. The van der Waals surface area contributed by atoms with Crippen LogP contribution in [0.4, 0.5) is 5.69 Å². The second-order valence-electron chi connectivity index (χ2n) is 9.04. The number of carboxylic acid groups (broad SMARTS) is 2. The van der Waals surface area contributed by atoms with Crippen molar-refractivity contribution in [1.82, 2.24) is 15.6 Å². The molecule has 0 aromatic heterocycles. The van der Waals surface area contributed by atoms with E-state index in [0.29, 0.717) is 47.5 Å². The smallest absolute Gasteiger partial charge is 0.326 e. The molecule has 1 fully saturated rings. The number of carbonyl (C=O) groups is 4. The van der Waals surface area contributed by atoms with E-state index < -0.39 is 23.9 Å². The molecular weight excluding hydrogens is 496 g/mol. The fraction of sp³-hybridized carbons (Fsp3) is 0.308. The van der Waals surface area contributed by atoms with Crippen LogP contribution < -0.4 is 20.9 Å². The summed E-state index contributed by atoms with van der Waals surface area (Å²) in [6, 6.07) is 15.1. The Morgan fingerprint density at radius 1 is 0.919 bits per heavy atom. The van der Waals surface area contributed by atoms with Crippen LogP contribution in [0, 0.1) is 11.8 Å². The lowest BCUT2D eigenvalue weighted by Crippen LogP contribution is -2.45. The third-order valence-corrected chi connectivity index (χ3v) is 7.34. The molecule has 37 heavy (non-hydrogen) atoms. The number of carboxylic acids is 2. The van der Waals surface area contributed by atoms with E-state index in [4.69, 9.17) is 5.11 Å². The summed E-state index contributed by atoms with van der Waals surface area (Å²) in [6.07, 6.45) is 1.75. The maximum absolute atomic E-state index is 12.9. The molecule has 2 aliphatic rings. The van der Waals surface area contributed by atoms with Crippen LogP contribution in [0.2, 0.25) is 0 Å². The third kappa shape index (κ3) is 6.69. The van der Waals surface area contributed by atoms with E-state index in [2.05, 4.69) is 20.9 Å². The number of benzene rings is 2. The summed E-state index contributed by atoms with van der Waals surface area (Å²) in [5.41, 5.74) is 5.77. The lowest BCUT2D eigenvalue weighted by atomic mass is 9.81. The van der Waals surface area contributed by atoms with Crippen LogP contribution in [0.15, 0.2) is 59.5 Å². The molecule has 0 spiro atoms. The summed E-state index contributed by atoms with van der Waals surface area (Å²) in [4.78, 5) is 51.8. The fourth-order valence-electron chi connectivity index (χ4n) is 4.44. The second kappa shape index (κ2) is 11.9. The number of hydrogen-bond donors (Lipinski definition) is 6. The van der Waals surface area contributed by atoms with Crippen molar-refractivity contribution >= 4 is 47.1 Å². The minimum absolute atomic E-state index is 0.0762. The van der Waals surface area contributed by atoms with Gasteiger partial charge >= 0.3 is 11.9 Å². The van der Waals surface area contributed by atoms with Crippen molar-refractivity contribution < 1.29 is 29.4 Å². The van der Waals surface area contributed by atoms with Gasteiger partial charge in [0.1, 0.15) is 10.9 Å². The Morgan fingerprint density at radius 3 is 2.19 bits per heavy atom. The number of carbonyl (C=O) groups excluding carboxylic acids is 2. The summed E-state index contributed by atoms with van der Waals surface area (Å²) in [5, 5.41) is 24.2. The third-order valence-electron chi connectivity index (χ3n) is 6.54. The summed E-state index contributed by atoms with van der Waals surface area (Å²) < 4.78 is 0. The van der Waals surface area contributed by atoms with Gasteiger partial charge in [-0.2, -0.15) is 4.83 Å². The molecule has 4 rings (SSSR count). The predicted octanol–water partition coefficient (Wildman–Crippen LogP) is 2.75. The first-order chi connectivity index (χ1) is 17.8. The first-order valence-electron chi connectivity index (χ1n) is 12.0. The highest BCUT2D eigenvalue weighted by Gasteiger charge is 2.32. The maximum atomic E-state index is 12.9. The highest BCUT2D eigenvalue weighted by atomic mass is 32.2. The van der Waals surface area contributed by atoms with Gasteiger partial charge in [-0.1, -0.05) is 42.5 Å². The molecule has 194 valence electrons. The Labute approximate surface area is 218 Å². The number of nitrogens with one attached hydrogen (secondary N) is 4. The standard InChI is InChI=1S/C26H28N4O6S/c31-23(17-8-10-18(11-9-17)25(33)34)28-20(26(35)36)14-15-6-12-19(13-7-15)27-24(32)22-21(29-30-37-22)16-4-2-1-3-5-16/h1-7,12-13,17-18,20,29-30H,8-11,14H2,(H,27,32)(H,28,31)(H,33,34)(H,35,36)/t17?,18?,20-/m0/s1. The summed E-state index contributed by atoms with van der Waals surface area (Å²) in [5.74, 6) is -3.49. The number of rotatable bonds is 9. The Kier molecular flexibility index (Phi) is 8.47. The van der Waals surface area contributed by atoms with Gasteiger partial charge < -0.3 is 26.3 Å². The summed E-state index contributed by atoms with van der Waals surface area (Å²) in [6.45, 7) is 0. The van der Waals surface area contributed by atoms with Gasteiger partial charge in [0.25, 0.3) is 5.91 Å². The van der Waals surface area contributed by atoms with Crippen LogP contribution >= 0.6 is 11.9 Å². The lowest BCUT2D eigenvalue weighted by Gasteiger charge is -2.26. The Bertz CT molecular complexity index is 1190. The van der Waals surface area contributed by atoms with Crippen LogP contribution in [0.3, 0.4) is 0 Å². The van der Waals surface area contributed by atoms with Gasteiger partial charge in [-0.05, 0) is 55.3 Å². The molecular formula is C26H28N4O6S. The first-order valence-corrected chi connectivity index (χ1v) is 12.8. The van der Waals surface area contributed by atoms with Crippen LogP contribution in [0.5, 0.6) is 0 Å². The Hall–Kier alpha value is -3.83. The molecule has 2 aromatic carbocycles. The molecule has 0 unspecified atom stereocenters. The molecule has 2 amide bonds. The number of hydrogen-bond acceptors (Lipinski definition) is 7. The predicted molar refractivity (Wildman–Crippen MR) is 139 cm³/mol. The Morgan fingerprint density at radius 2 is 1.57 bits per heavy atom. The fourth-order valence-corrected chi connectivity index (χ4v) is 5.11.